The van der Waals surface area contributed by atoms with Crippen LogP contribution in [0.1, 0.15) is 27.7 Å². The fourth-order valence-corrected chi connectivity index (χ4v) is 11.0. The van der Waals surface area contributed by atoms with Crippen LogP contribution in [-0.2, 0) is 76.0 Å². The first-order valence-electron chi connectivity index (χ1n) is 27.5. The van der Waals surface area contributed by atoms with Crippen molar-refractivity contribution >= 4 is 17.7 Å². The molecule has 7 saturated heterocycles. The van der Waals surface area contributed by atoms with Crippen molar-refractivity contribution in [3.63, 3.8) is 0 Å². The Morgan fingerprint density at radius 3 is 1.27 bits per heavy atom. The van der Waals surface area contributed by atoms with Crippen molar-refractivity contribution < 1.29 is 173 Å². The van der Waals surface area contributed by atoms with Gasteiger partial charge in [-0.1, -0.05) is 0 Å². The number of aliphatic hydroxyl groups is 19. The van der Waals surface area contributed by atoms with Gasteiger partial charge in [0.15, 0.2) is 44.0 Å². The summed E-state index contributed by atoms with van der Waals surface area (Å²) < 4.78 is 75.3. The molecule has 0 bridgehead atoms. The lowest BCUT2D eigenvalue weighted by atomic mass is 9.94. The first-order valence-corrected chi connectivity index (χ1v) is 27.5. The Bertz CT molecular complexity index is 2170. The molecule has 7 rings (SSSR count). The van der Waals surface area contributed by atoms with Crippen molar-refractivity contribution in [2.75, 3.05) is 39.6 Å². The summed E-state index contributed by atoms with van der Waals surface area (Å²) in [4.78, 5) is 37.8. The molecule has 38 nitrogen and oxygen atoms in total. The minimum absolute atomic E-state index is 0.772. The molecule has 0 aromatic rings. The normalized spacial score (nSPS) is 49.4. The van der Waals surface area contributed by atoms with Gasteiger partial charge in [0.25, 0.3) is 0 Å². The second-order valence-corrected chi connectivity index (χ2v) is 21.8. The van der Waals surface area contributed by atoms with Gasteiger partial charge in [-0.15, -0.1) is 0 Å². The van der Waals surface area contributed by atoms with E-state index >= 15 is 0 Å². The van der Waals surface area contributed by atoms with Crippen LogP contribution in [0.2, 0.25) is 0 Å². The average molecular weight is 1260 g/mol. The molecular weight excluding hydrogens is 1180 g/mol. The molecule has 498 valence electrons. The number of ether oxygens (including phenoxy) is 13. The Kier molecular flexibility index (Phi) is 25.0. The Morgan fingerprint density at radius 1 is 0.326 bits per heavy atom. The first-order chi connectivity index (χ1) is 40.6. The fraction of sp³-hybridized carbons (Fsp3) is 0.938. The summed E-state index contributed by atoms with van der Waals surface area (Å²) in [5, 5.41) is 213. The third-order valence-electron chi connectivity index (χ3n) is 15.7. The van der Waals surface area contributed by atoms with Gasteiger partial charge in [0.05, 0.1) is 45.7 Å². The lowest BCUT2D eigenvalue weighted by Crippen LogP contribution is -2.71. The van der Waals surface area contributed by atoms with Crippen LogP contribution < -0.4 is 16.0 Å². The zero-order chi connectivity index (χ0) is 63.5. The lowest BCUT2D eigenvalue weighted by molar-refractivity contribution is -0.389. The number of rotatable bonds is 21. The molecule has 3 amide bonds. The number of nitrogens with one attached hydrogen (secondary N) is 3. The van der Waals surface area contributed by atoms with E-state index in [1.807, 2.05) is 0 Å². The van der Waals surface area contributed by atoms with Crippen LogP contribution in [0.25, 0.3) is 0 Å². The molecule has 0 saturated carbocycles. The SMILES string of the molecule is CC(=O)N[C@H]1[C@H](OC[C@H]2OC(O)[C@H](NC(C)=O)[C@@H](O[C@@H]3O[C@H](CO)[C@H](O)[C@H](O)[C@H]3O)[C@H]2O)O[C@H](CO)[C@@H](O[C@@H]2O[C@H](CO)[C@H](O)[C@H](O[C@@H]3O[C@H](CO)[C@@H](O)[C@H](O[C@@H]4O[C@H](CO)[C@H](O)[C@H](O)[C@H]4O[C@@H]4O[C@@H](C)[C@@H](O)[C@@H](O)[C@@H]4O)[C@H]3NC(C)=O)[C@H]2O)[C@@H]1O. The summed E-state index contributed by atoms with van der Waals surface area (Å²) in [6.07, 6.45) is -60.5. The molecule has 7 aliphatic rings. The molecule has 38 heteroatoms. The van der Waals surface area contributed by atoms with E-state index < -0.39 is 272 Å². The molecule has 7 heterocycles. The molecule has 1 unspecified atom stereocenters. The minimum Gasteiger partial charge on any atom is -0.394 e. The van der Waals surface area contributed by atoms with Gasteiger partial charge in [-0.2, -0.15) is 0 Å². The zero-order valence-electron chi connectivity index (χ0n) is 46.5. The summed E-state index contributed by atoms with van der Waals surface area (Å²) in [6, 6.07) is -5.18. The van der Waals surface area contributed by atoms with Crippen LogP contribution in [0.4, 0.5) is 0 Å². The summed E-state index contributed by atoms with van der Waals surface area (Å²) in [6.45, 7) is -1.51. The van der Waals surface area contributed by atoms with E-state index in [2.05, 4.69) is 16.0 Å². The van der Waals surface area contributed by atoms with Gasteiger partial charge in [0.1, 0.15) is 165 Å². The molecule has 22 N–H and O–H groups in total. The van der Waals surface area contributed by atoms with E-state index in [1.165, 1.54) is 6.92 Å². The Balaban J connectivity index is 1.10. The highest BCUT2D eigenvalue weighted by Gasteiger charge is 2.59. The smallest absolute Gasteiger partial charge is 0.217 e. The van der Waals surface area contributed by atoms with E-state index in [0.29, 0.717) is 0 Å². The number of hydrogen-bond donors (Lipinski definition) is 22. The van der Waals surface area contributed by atoms with Crippen LogP contribution in [0.5, 0.6) is 0 Å². The van der Waals surface area contributed by atoms with Gasteiger partial charge >= 0.3 is 0 Å². The van der Waals surface area contributed by atoms with Gasteiger partial charge in [0.2, 0.25) is 17.7 Å². The van der Waals surface area contributed by atoms with Gasteiger partial charge in [-0.05, 0) is 6.92 Å². The topological polar surface area (TPSA) is 592 Å². The third-order valence-corrected chi connectivity index (χ3v) is 15.7. The first kappa shape index (κ1) is 70.6. The molecule has 0 aromatic carbocycles. The maximum absolute atomic E-state index is 12.9. The van der Waals surface area contributed by atoms with E-state index in [1.54, 1.807) is 0 Å². The van der Waals surface area contributed by atoms with E-state index in [-0.39, 0.29) is 0 Å². The van der Waals surface area contributed by atoms with Crippen molar-refractivity contribution in [1.82, 2.24) is 16.0 Å². The van der Waals surface area contributed by atoms with Gasteiger partial charge in [-0.25, -0.2) is 0 Å². The second-order valence-electron chi connectivity index (χ2n) is 21.8. The molecule has 7 aliphatic heterocycles. The van der Waals surface area contributed by atoms with Crippen LogP contribution >= 0.6 is 0 Å². The van der Waals surface area contributed by atoms with Crippen molar-refractivity contribution in [2.24, 2.45) is 0 Å². The Labute approximate surface area is 488 Å². The fourth-order valence-electron chi connectivity index (χ4n) is 11.0. The minimum atomic E-state index is -2.27. The largest absolute Gasteiger partial charge is 0.394 e. The number of aliphatic hydroxyl groups excluding tert-OH is 19. The predicted molar refractivity (Wildman–Crippen MR) is 265 cm³/mol. The highest BCUT2D eigenvalue weighted by Crippen LogP contribution is 2.37. The average Bonchev–Trinajstić information content (AvgIpc) is 2.48. The van der Waals surface area contributed by atoms with Crippen LogP contribution in [-0.4, -0.2) is 369 Å². The maximum Gasteiger partial charge on any atom is 0.217 e. The summed E-state index contributed by atoms with van der Waals surface area (Å²) in [7, 11) is 0. The molecule has 0 radical (unpaired) electrons. The van der Waals surface area contributed by atoms with Crippen molar-refractivity contribution in [3.05, 3.63) is 0 Å². The van der Waals surface area contributed by atoms with Crippen molar-refractivity contribution in [3.8, 4) is 0 Å². The predicted octanol–water partition coefficient (Wildman–Crippen LogP) is -14.8. The summed E-state index contributed by atoms with van der Waals surface area (Å²) >= 11 is 0. The Hall–Kier alpha value is -2.87. The van der Waals surface area contributed by atoms with Crippen molar-refractivity contribution in [2.45, 2.75) is 242 Å². The number of carbonyl (C=O) groups excluding carboxylic acids is 3. The molecule has 35 atom stereocenters. The monoisotopic (exact) mass is 1260 g/mol. The number of amides is 3. The lowest BCUT2D eigenvalue weighted by Gasteiger charge is -2.51. The van der Waals surface area contributed by atoms with E-state index in [9.17, 15) is 111 Å². The third kappa shape index (κ3) is 15.4. The summed E-state index contributed by atoms with van der Waals surface area (Å²) in [5.74, 6) is -2.50. The molecule has 0 aliphatic carbocycles. The molecule has 0 aromatic heterocycles. The van der Waals surface area contributed by atoms with Gasteiger partial charge in [-0.3, -0.25) is 14.4 Å². The van der Waals surface area contributed by atoms with Crippen LogP contribution in [0.3, 0.4) is 0 Å². The van der Waals surface area contributed by atoms with E-state index in [4.69, 9.17) is 61.6 Å². The van der Waals surface area contributed by atoms with Crippen molar-refractivity contribution in [1.29, 1.82) is 0 Å². The molecular formula is C48H81N3O35. The zero-order valence-corrected chi connectivity index (χ0v) is 46.5. The molecule has 86 heavy (non-hydrogen) atoms. The number of carbonyl (C=O) groups is 3. The highest BCUT2D eigenvalue weighted by molar-refractivity contribution is 5.74. The van der Waals surface area contributed by atoms with E-state index in [0.717, 1.165) is 20.8 Å². The highest BCUT2D eigenvalue weighted by atomic mass is 16.8. The maximum atomic E-state index is 12.9. The van der Waals surface area contributed by atoms with Crippen LogP contribution in [0, 0.1) is 0 Å². The second kappa shape index (κ2) is 30.5. The standard InChI is InChI=1S/C48H81N3O35/c1-11-24(60)31(67)34(70)45(75-11)86-41-33(69)26(62)16(6-53)80-48(41)84-39-23(51-14(4)59)44(77-17(7-54)27(39)63)85-40-28(64)18(8-55)79-47(36(40)72)82-37-19(9-56)81-43(21(30(37)66)49-12(2)57)74-10-20-29(65)38(22(42(73)76-20)50-13(3)58)83-46-35(71)32(68)25(61)15(5-52)78-46/h11,15-48,52-56,60-73H,5-10H2,1-4H3,(H,49,57)(H,50,58)(H,51,59)/t11-,15+,16+,17+,18+,19+,20+,21+,22+,23+,24+,25-,26-,27+,28-,29-,30+,31+,32-,33-,34-,35+,36+,37+,38+,39+,40-,41+,42?,43+,44-,45-,46-,47-,48-/m0/s1. The number of hydrogen-bond acceptors (Lipinski definition) is 35. The van der Waals surface area contributed by atoms with Crippen LogP contribution in [0.15, 0.2) is 0 Å². The Morgan fingerprint density at radius 2 is 0.709 bits per heavy atom. The molecule has 0 spiro atoms. The quantitative estimate of drug-likeness (QED) is 0.0507. The summed E-state index contributed by atoms with van der Waals surface area (Å²) in [5.41, 5.74) is 0. The molecule has 7 fully saturated rings. The van der Waals surface area contributed by atoms with Gasteiger partial charge < -0.3 is 175 Å². The van der Waals surface area contributed by atoms with Gasteiger partial charge in [0, 0.05) is 20.8 Å².